The van der Waals surface area contributed by atoms with E-state index in [0.29, 0.717) is 24.3 Å². The largest absolute Gasteiger partial charge is 0.352 e. The summed E-state index contributed by atoms with van der Waals surface area (Å²) in [5, 5.41) is 15.1. The van der Waals surface area contributed by atoms with Gasteiger partial charge in [-0.25, -0.2) is 0 Å². The average Bonchev–Trinajstić information content (AvgIpc) is 2.67. The molecule has 6 nitrogen and oxygen atoms in total. The Bertz CT molecular complexity index is 654. The van der Waals surface area contributed by atoms with Crippen molar-refractivity contribution in [3.63, 3.8) is 0 Å². The number of pyridine rings is 1. The lowest BCUT2D eigenvalue weighted by Crippen LogP contribution is -2.30. The first kappa shape index (κ1) is 11.0. The van der Waals surface area contributed by atoms with Gasteiger partial charge in [-0.05, 0) is 18.9 Å². The van der Waals surface area contributed by atoms with Crippen LogP contribution in [-0.2, 0) is 6.67 Å². The first-order valence-electron chi connectivity index (χ1n) is 5.84. The van der Waals surface area contributed by atoms with Gasteiger partial charge in [0.2, 0.25) is 0 Å². The molecule has 0 aliphatic carbocycles. The molecule has 1 aromatic heterocycles. The van der Waals surface area contributed by atoms with Crippen LogP contribution in [0.1, 0.15) is 39.6 Å². The third kappa shape index (κ3) is 1.25. The zero-order valence-corrected chi connectivity index (χ0v) is 9.91. The van der Waals surface area contributed by atoms with E-state index in [1.165, 1.54) is 4.57 Å². The molecule has 18 heavy (non-hydrogen) atoms. The molecule has 0 spiro atoms. The summed E-state index contributed by atoms with van der Waals surface area (Å²) in [6.45, 7) is 2.60. The van der Waals surface area contributed by atoms with Gasteiger partial charge >= 0.3 is 0 Å². The monoisotopic (exact) mass is 244 g/mol. The van der Waals surface area contributed by atoms with E-state index in [-0.39, 0.29) is 23.1 Å². The molecule has 92 valence electrons. The Morgan fingerprint density at radius 1 is 1.44 bits per heavy atom. The van der Waals surface area contributed by atoms with Crippen LogP contribution in [0.4, 0.5) is 0 Å². The highest BCUT2D eigenvalue weighted by Gasteiger charge is 2.34. The average molecular weight is 244 g/mol. The molecule has 2 aliphatic heterocycles. The summed E-state index contributed by atoms with van der Waals surface area (Å²) in [5.41, 5.74) is 1.46. The van der Waals surface area contributed by atoms with Gasteiger partial charge in [0.25, 0.3) is 11.5 Å². The van der Waals surface area contributed by atoms with Crippen LogP contribution < -0.4 is 16.2 Å². The second-order valence-electron chi connectivity index (χ2n) is 4.56. The van der Waals surface area contributed by atoms with Crippen LogP contribution in [0.15, 0.2) is 4.79 Å². The van der Waals surface area contributed by atoms with Crippen molar-refractivity contribution < 1.29 is 4.79 Å². The van der Waals surface area contributed by atoms with Crippen molar-refractivity contribution in [1.82, 2.24) is 15.2 Å². The number of hydrogen-bond acceptors (Lipinski definition) is 4. The van der Waals surface area contributed by atoms with Gasteiger partial charge in [0.1, 0.15) is 11.6 Å². The molecule has 2 aliphatic rings. The molecule has 0 bridgehead atoms. The second-order valence-corrected chi connectivity index (χ2v) is 4.56. The summed E-state index contributed by atoms with van der Waals surface area (Å²) in [5.74, 6) is -0.195. The van der Waals surface area contributed by atoms with E-state index in [2.05, 4.69) is 10.6 Å². The maximum absolute atomic E-state index is 12.1. The second kappa shape index (κ2) is 3.68. The fraction of sp³-hybridized carbons (Fsp3) is 0.417. The van der Waals surface area contributed by atoms with E-state index in [1.54, 1.807) is 6.92 Å². The molecule has 1 atom stereocenters. The van der Waals surface area contributed by atoms with Crippen molar-refractivity contribution in [2.45, 2.75) is 26.1 Å². The van der Waals surface area contributed by atoms with E-state index in [4.69, 9.17) is 5.26 Å². The molecule has 2 N–H and O–H groups in total. The minimum absolute atomic E-state index is 0.0121. The molecule has 3 heterocycles. The lowest BCUT2D eigenvalue weighted by molar-refractivity contribution is 0.0954. The van der Waals surface area contributed by atoms with Crippen molar-refractivity contribution in [3.05, 3.63) is 32.7 Å². The summed E-state index contributed by atoms with van der Waals surface area (Å²) >= 11 is 0. The Morgan fingerprint density at radius 3 is 2.94 bits per heavy atom. The maximum atomic E-state index is 12.1. The standard InChI is InChI=1S/C12H12N4O2/c1-6-7(4-13)12(18)16-5-15-8-2-3-14-11(17)9(6)10(8)16/h8,15H,2-3,5H2,1H3,(H,14,17). The molecule has 0 aromatic carbocycles. The van der Waals surface area contributed by atoms with Gasteiger partial charge < -0.3 is 5.32 Å². The number of aromatic nitrogens is 1. The summed E-state index contributed by atoms with van der Waals surface area (Å²) in [7, 11) is 0. The van der Waals surface area contributed by atoms with Crippen LogP contribution in [0.25, 0.3) is 0 Å². The van der Waals surface area contributed by atoms with Crippen LogP contribution in [0.2, 0.25) is 0 Å². The van der Waals surface area contributed by atoms with E-state index >= 15 is 0 Å². The normalized spacial score (nSPS) is 20.9. The van der Waals surface area contributed by atoms with Crippen LogP contribution in [-0.4, -0.2) is 17.0 Å². The molecule has 0 saturated carbocycles. The lowest BCUT2D eigenvalue weighted by atomic mass is 9.98. The summed E-state index contributed by atoms with van der Waals surface area (Å²) in [6, 6.07) is 1.92. The van der Waals surface area contributed by atoms with Crippen molar-refractivity contribution in [1.29, 1.82) is 5.26 Å². The van der Waals surface area contributed by atoms with Crippen molar-refractivity contribution in [2.75, 3.05) is 6.54 Å². The molecule has 1 amide bonds. The van der Waals surface area contributed by atoms with Crippen LogP contribution in [0, 0.1) is 18.3 Å². The fourth-order valence-corrected chi connectivity index (χ4v) is 2.75. The van der Waals surface area contributed by atoms with Gasteiger partial charge in [-0.2, -0.15) is 5.26 Å². The van der Waals surface area contributed by atoms with Gasteiger partial charge in [0.05, 0.1) is 24.0 Å². The number of nitriles is 1. The third-order valence-electron chi connectivity index (χ3n) is 3.64. The first-order chi connectivity index (χ1) is 8.65. The zero-order valence-electron chi connectivity index (χ0n) is 9.91. The van der Waals surface area contributed by atoms with Crippen molar-refractivity contribution in [2.24, 2.45) is 0 Å². The van der Waals surface area contributed by atoms with Crippen LogP contribution in [0.3, 0.4) is 0 Å². The number of amides is 1. The van der Waals surface area contributed by atoms with E-state index in [0.717, 1.165) is 12.1 Å². The summed E-state index contributed by atoms with van der Waals surface area (Å²) in [6.07, 6.45) is 0.753. The molecule has 1 unspecified atom stereocenters. The quantitative estimate of drug-likeness (QED) is 0.659. The summed E-state index contributed by atoms with van der Waals surface area (Å²) < 4.78 is 1.51. The van der Waals surface area contributed by atoms with Crippen molar-refractivity contribution in [3.8, 4) is 6.07 Å². The van der Waals surface area contributed by atoms with E-state index < -0.39 is 0 Å². The SMILES string of the molecule is Cc1c2c3n(c(=O)c1C#N)CNC3CCNC2=O. The molecular weight excluding hydrogens is 232 g/mol. The summed E-state index contributed by atoms with van der Waals surface area (Å²) in [4.78, 5) is 24.2. The van der Waals surface area contributed by atoms with Gasteiger partial charge in [0.15, 0.2) is 0 Å². The van der Waals surface area contributed by atoms with Gasteiger partial charge in [-0.15, -0.1) is 0 Å². The topological polar surface area (TPSA) is 86.9 Å². The van der Waals surface area contributed by atoms with E-state index in [9.17, 15) is 9.59 Å². The Kier molecular flexibility index (Phi) is 2.25. The molecular formula is C12H12N4O2. The highest BCUT2D eigenvalue weighted by molar-refractivity contribution is 5.97. The zero-order chi connectivity index (χ0) is 12.9. The number of rotatable bonds is 0. The fourth-order valence-electron chi connectivity index (χ4n) is 2.75. The highest BCUT2D eigenvalue weighted by Crippen LogP contribution is 2.29. The Labute approximate surface area is 103 Å². The minimum atomic E-state index is -0.307. The predicted octanol–water partition coefficient (Wildman–Crippen LogP) is -0.236. The Balaban J connectivity index is 2.44. The molecule has 0 radical (unpaired) electrons. The number of hydrogen-bond donors (Lipinski definition) is 2. The Hall–Kier alpha value is -2.13. The molecule has 1 aromatic rings. The Morgan fingerprint density at radius 2 is 2.22 bits per heavy atom. The third-order valence-corrected chi connectivity index (χ3v) is 3.64. The molecule has 0 saturated heterocycles. The number of carbonyl (C=O) groups excluding carboxylic acids is 1. The van der Waals surface area contributed by atoms with Crippen LogP contribution >= 0.6 is 0 Å². The number of nitrogens with zero attached hydrogens (tertiary/aromatic N) is 2. The highest BCUT2D eigenvalue weighted by atomic mass is 16.2. The number of nitrogens with one attached hydrogen (secondary N) is 2. The minimum Gasteiger partial charge on any atom is -0.352 e. The smallest absolute Gasteiger partial charge is 0.270 e. The van der Waals surface area contributed by atoms with Gasteiger partial charge in [-0.3, -0.25) is 19.5 Å². The maximum Gasteiger partial charge on any atom is 0.270 e. The van der Waals surface area contributed by atoms with Gasteiger partial charge in [-0.1, -0.05) is 0 Å². The van der Waals surface area contributed by atoms with E-state index in [1.807, 2.05) is 6.07 Å². The number of carbonyl (C=O) groups is 1. The van der Waals surface area contributed by atoms with Gasteiger partial charge in [0, 0.05) is 6.54 Å². The molecule has 6 heteroatoms. The van der Waals surface area contributed by atoms with Crippen molar-refractivity contribution >= 4 is 5.91 Å². The molecule has 0 fully saturated rings. The lowest BCUT2D eigenvalue weighted by Gasteiger charge is -2.13. The van der Waals surface area contributed by atoms with Crippen LogP contribution in [0.5, 0.6) is 0 Å². The first-order valence-corrected chi connectivity index (χ1v) is 5.84. The molecule has 3 rings (SSSR count). The predicted molar refractivity (Wildman–Crippen MR) is 63.0 cm³/mol.